The lowest BCUT2D eigenvalue weighted by Crippen LogP contribution is -2.70. The number of carbonyl (C=O) groups excluding carboxylic acids is 2. The Hall–Kier alpha value is -2.48. The molecule has 1 aromatic carbocycles. The van der Waals surface area contributed by atoms with Gasteiger partial charge in [-0.15, -0.1) is 11.8 Å². The highest BCUT2D eigenvalue weighted by Gasteiger charge is 2.53. The largest absolute Gasteiger partial charge is 0.477 e. The quantitative estimate of drug-likeness (QED) is 0.542. The van der Waals surface area contributed by atoms with Crippen molar-refractivity contribution in [3.05, 3.63) is 41.1 Å². The van der Waals surface area contributed by atoms with Crippen LogP contribution in [0.4, 0.5) is 5.69 Å². The minimum Gasteiger partial charge on any atom is -0.477 e. The Labute approximate surface area is 142 Å². The van der Waals surface area contributed by atoms with Crippen molar-refractivity contribution in [1.29, 1.82) is 0 Å². The van der Waals surface area contributed by atoms with E-state index in [2.05, 4.69) is 5.32 Å². The zero-order valence-electron chi connectivity index (χ0n) is 13.0. The van der Waals surface area contributed by atoms with Crippen molar-refractivity contribution in [2.24, 2.45) is 0 Å². The van der Waals surface area contributed by atoms with Gasteiger partial charge in [-0.25, -0.2) is 4.79 Å². The first-order chi connectivity index (χ1) is 11.4. The maximum absolute atomic E-state index is 12.3. The van der Waals surface area contributed by atoms with Gasteiger partial charge in [-0.2, -0.15) is 0 Å². The maximum atomic E-state index is 12.3. The van der Waals surface area contributed by atoms with Gasteiger partial charge >= 0.3 is 5.97 Å². The van der Waals surface area contributed by atoms with E-state index >= 15 is 0 Å². The molecule has 126 valence electrons. The Morgan fingerprint density at radius 3 is 2.79 bits per heavy atom. The number of aliphatic carboxylic acids is 1. The summed E-state index contributed by atoms with van der Waals surface area (Å²) in [6.45, 7) is 1.70. The average molecular weight is 347 g/mol. The molecule has 24 heavy (non-hydrogen) atoms. The first-order valence-electron chi connectivity index (χ1n) is 7.40. The lowest BCUT2D eigenvalue weighted by atomic mass is 10.0. The molecule has 4 N–H and O–H groups in total. The number of carboxylic acids is 1. The molecule has 0 saturated carbocycles. The van der Waals surface area contributed by atoms with Crippen LogP contribution in [0.1, 0.15) is 12.5 Å². The van der Waals surface area contributed by atoms with Crippen LogP contribution < -0.4 is 11.1 Å². The Bertz CT molecular complexity index is 761. The summed E-state index contributed by atoms with van der Waals surface area (Å²) in [5, 5.41) is 11.6. The minimum absolute atomic E-state index is 0.0292. The van der Waals surface area contributed by atoms with Gasteiger partial charge in [0.05, 0.1) is 6.42 Å². The number of nitrogen functional groups attached to an aromatic ring is 1. The number of nitrogens with two attached hydrogens (primary N) is 1. The molecule has 2 aliphatic rings. The number of hydrogen-bond donors (Lipinski definition) is 3. The fourth-order valence-corrected chi connectivity index (χ4v) is 4.16. The summed E-state index contributed by atoms with van der Waals surface area (Å²) in [4.78, 5) is 37.1. The highest BCUT2D eigenvalue weighted by Crippen LogP contribution is 2.40. The highest BCUT2D eigenvalue weighted by molar-refractivity contribution is 8.00. The van der Waals surface area contributed by atoms with Gasteiger partial charge < -0.3 is 16.2 Å². The third kappa shape index (κ3) is 2.73. The van der Waals surface area contributed by atoms with Crippen LogP contribution in [0.25, 0.3) is 0 Å². The number of carbonyl (C=O) groups is 3. The number of nitrogens with one attached hydrogen (secondary N) is 1. The molecule has 0 aromatic heterocycles. The van der Waals surface area contributed by atoms with Crippen LogP contribution in [-0.4, -0.2) is 45.0 Å². The van der Waals surface area contributed by atoms with Gasteiger partial charge in [-0.3, -0.25) is 14.5 Å². The first kappa shape index (κ1) is 16.4. The van der Waals surface area contributed by atoms with E-state index in [4.69, 9.17) is 5.73 Å². The number of β-lactam (4-membered cyclic amide) rings is 1. The third-order valence-corrected chi connectivity index (χ3v) is 5.51. The summed E-state index contributed by atoms with van der Waals surface area (Å²) < 4.78 is 0. The number of rotatable bonds is 4. The average Bonchev–Trinajstić information content (AvgIpc) is 2.54. The zero-order valence-corrected chi connectivity index (χ0v) is 13.8. The van der Waals surface area contributed by atoms with Gasteiger partial charge in [0.15, 0.2) is 0 Å². The van der Waals surface area contributed by atoms with Crippen molar-refractivity contribution in [3.8, 4) is 0 Å². The fourth-order valence-electron chi connectivity index (χ4n) is 2.87. The number of anilines is 1. The van der Waals surface area contributed by atoms with E-state index in [0.717, 1.165) is 0 Å². The van der Waals surface area contributed by atoms with Crippen LogP contribution in [0, 0.1) is 0 Å². The molecule has 3 rings (SSSR count). The SMILES string of the molecule is CC1=C(C(=O)O)N2C(=O)C(NC(=O)Cc3ccccc3N)C2SC1. The van der Waals surface area contributed by atoms with E-state index < -0.39 is 17.9 Å². The Morgan fingerprint density at radius 1 is 1.42 bits per heavy atom. The summed E-state index contributed by atoms with van der Waals surface area (Å²) in [5.41, 5.74) is 7.71. The topological polar surface area (TPSA) is 113 Å². The molecule has 0 radical (unpaired) electrons. The van der Waals surface area contributed by atoms with Gasteiger partial charge in [0.1, 0.15) is 17.1 Å². The van der Waals surface area contributed by atoms with Crippen LogP contribution in [0.3, 0.4) is 0 Å². The predicted molar refractivity (Wildman–Crippen MR) is 89.9 cm³/mol. The van der Waals surface area contributed by atoms with Crippen molar-refractivity contribution >= 4 is 35.2 Å². The van der Waals surface area contributed by atoms with Gasteiger partial charge in [0.2, 0.25) is 5.91 Å². The highest BCUT2D eigenvalue weighted by atomic mass is 32.2. The lowest BCUT2D eigenvalue weighted by molar-refractivity contribution is -0.150. The van der Waals surface area contributed by atoms with E-state index in [1.54, 1.807) is 31.2 Å². The molecule has 2 amide bonds. The molecule has 1 aromatic rings. The molecule has 2 heterocycles. The Balaban J connectivity index is 1.68. The van der Waals surface area contributed by atoms with Crippen molar-refractivity contribution in [2.75, 3.05) is 11.5 Å². The molecule has 1 fully saturated rings. The first-order valence-corrected chi connectivity index (χ1v) is 8.45. The number of thioether (sulfide) groups is 1. The second-order valence-electron chi connectivity index (χ2n) is 5.76. The minimum atomic E-state index is -1.12. The standard InChI is InChI=1S/C16H17N3O4S/c1-8-7-24-15-12(14(21)19(15)13(8)16(22)23)18-11(20)6-9-4-2-3-5-10(9)17/h2-5,12,15H,6-7,17H2,1H3,(H,18,20)(H,22,23). The summed E-state index contributed by atoms with van der Waals surface area (Å²) in [6.07, 6.45) is 0.0779. The van der Waals surface area contributed by atoms with Gasteiger partial charge in [0, 0.05) is 11.4 Å². The van der Waals surface area contributed by atoms with Crippen LogP contribution >= 0.6 is 11.8 Å². The van der Waals surface area contributed by atoms with Crippen LogP contribution in [0.5, 0.6) is 0 Å². The number of fused-ring (bicyclic) bond motifs is 1. The van der Waals surface area contributed by atoms with Crippen molar-refractivity contribution < 1.29 is 19.5 Å². The number of benzene rings is 1. The fraction of sp³-hybridized carbons (Fsp3) is 0.312. The van der Waals surface area contributed by atoms with Gasteiger partial charge in [-0.05, 0) is 24.1 Å². The monoisotopic (exact) mass is 347 g/mol. The number of nitrogens with zero attached hydrogens (tertiary/aromatic N) is 1. The summed E-state index contributed by atoms with van der Waals surface area (Å²) in [5.74, 6) is -1.30. The van der Waals surface area contributed by atoms with E-state index in [1.807, 2.05) is 0 Å². The molecule has 2 unspecified atom stereocenters. The molecule has 2 atom stereocenters. The van der Waals surface area contributed by atoms with Crippen LogP contribution in [-0.2, 0) is 20.8 Å². The van der Waals surface area contributed by atoms with Gasteiger partial charge in [0.25, 0.3) is 5.91 Å². The van der Waals surface area contributed by atoms with Crippen molar-refractivity contribution in [1.82, 2.24) is 10.2 Å². The Kier molecular flexibility index (Phi) is 4.23. The molecular formula is C16H17N3O4S. The van der Waals surface area contributed by atoms with E-state index in [-0.39, 0.29) is 23.4 Å². The zero-order chi connectivity index (χ0) is 17.4. The second kappa shape index (κ2) is 6.20. The summed E-state index contributed by atoms with van der Waals surface area (Å²) in [7, 11) is 0. The molecule has 0 spiro atoms. The molecular weight excluding hydrogens is 330 g/mol. The molecule has 8 heteroatoms. The Morgan fingerprint density at radius 2 is 2.12 bits per heavy atom. The van der Waals surface area contributed by atoms with Crippen LogP contribution in [0.15, 0.2) is 35.5 Å². The van der Waals surface area contributed by atoms with Crippen LogP contribution in [0.2, 0.25) is 0 Å². The summed E-state index contributed by atoms with van der Waals surface area (Å²) >= 11 is 1.45. The number of carboxylic acid groups (broad SMARTS) is 1. The molecule has 2 aliphatic heterocycles. The van der Waals surface area contributed by atoms with E-state index in [9.17, 15) is 19.5 Å². The smallest absolute Gasteiger partial charge is 0.352 e. The molecule has 7 nitrogen and oxygen atoms in total. The van der Waals surface area contributed by atoms with Gasteiger partial charge in [-0.1, -0.05) is 18.2 Å². The van der Waals surface area contributed by atoms with E-state index in [1.165, 1.54) is 16.7 Å². The van der Waals surface area contributed by atoms with E-state index in [0.29, 0.717) is 22.6 Å². The molecule has 0 bridgehead atoms. The summed E-state index contributed by atoms with van der Waals surface area (Å²) in [6, 6.07) is 6.34. The number of para-hydroxylation sites is 1. The normalized spacial score (nSPS) is 22.7. The van der Waals surface area contributed by atoms with Crippen molar-refractivity contribution in [3.63, 3.8) is 0 Å². The maximum Gasteiger partial charge on any atom is 0.352 e. The third-order valence-electron chi connectivity index (χ3n) is 4.08. The molecule has 1 saturated heterocycles. The second-order valence-corrected chi connectivity index (χ2v) is 6.87. The number of amides is 2. The lowest BCUT2D eigenvalue weighted by Gasteiger charge is -2.49. The number of hydrogen-bond acceptors (Lipinski definition) is 5. The van der Waals surface area contributed by atoms with Crippen molar-refractivity contribution in [2.45, 2.75) is 24.8 Å². The predicted octanol–water partition coefficient (Wildman–Crippen LogP) is 0.570. The molecule has 0 aliphatic carbocycles.